The summed E-state index contributed by atoms with van der Waals surface area (Å²) in [5, 5.41) is 6.07. The predicted octanol–water partition coefficient (Wildman–Crippen LogP) is 1.63. The quantitative estimate of drug-likeness (QED) is 0.920. The molecular formula is C13H19F3N4O. The number of alkyl halides is 3. The van der Waals surface area contributed by atoms with Gasteiger partial charge >= 0.3 is 6.18 Å². The van der Waals surface area contributed by atoms with Crippen LogP contribution in [0.3, 0.4) is 0 Å². The molecule has 1 amide bonds. The SMILES string of the molecule is Cn1cc(C(NCC(=O)N2CCCCC2)C(F)(F)F)cn1. The normalized spacial score (nSPS) is 17.8. The molecule has 5 nitrogen and oxygen atoms in total. The Morgan fingerprint density at radius 3 is 2.57 bits per heavy atom. The first kappa shape index (κ1) is 15.8. The highest BCUT2D eigenvalue weighted by Crippen LogP contribution is 2.32. The number of amides is 1. The molecule has 1 aliphatic heterocycles. The summed E-state index contributed by atoms with van der Waals surface area (Å²) in [7, 11) is 1.55. The second-order valence-corrected chi connectivity index (χ2v) is 5.24. The number of halogens is 3. The highest BCUT2D eigenvalue weighted by Gasteiger charge is 2.41. The van der Waals surface area contributed by atoms with Crippen LogP contribution in [0.15, 0.2) is 12.4 Å². The number of carbonyl (C=O) groups is 1. The third-order valence-corrected chi connectivity index (χ3v) is 3.55. The van der Waals surface area contributed by atoms with E-state index in [1.807, 2.05) is 0 Å². The van der Waals surface area contributed by atoms with Crippen LogP contribution in [0.25, 0.3) is 0 Å². The number of aryl methyl sites for hydroxylation is 1. The molecule has 1 fully saturated rings. The summed E-state index contributed by atoms with van der Waals surface area (Å²) < 4.78 is 40.6. The van der Waals surface area contributed by atoms with Crippen LogP contribution in [0.4, 0.5) is 13.2 Å². The van der Waals surface area contributed by atoms with Crippen LogP contribution in [-0.4, -0.2) is 46.4 Å². The van der Waals surface area contributed by atoms with Crippen LogP contribution in [0.2, 0.25) is 0 Å². The van der Waals surface area contributed by atoms with E-state index in [0.29, 0.717) is 13.1 Å². The maximum Gasteiger partial charge on any atom is 0.408 e. The van der Waals surface area contributed by atoms with Gasteiger partial charge < -0.3 is 4.90 Å². The van der Waals surface area contributed by atoms with Gasteiger partial charge in [-0.25, -0.2) is 0 Å². The average Bonchev–Trinajstić information content (AvgIpc) is 2.84. The molecule has 0 bridgehead atoms. The standard InChI is InChI=1S/C13H19F3N4O/c1-19-9-10(7-18-19)12(13(14,15)16)17-8-11(21)20-5-3-2-4-6-20/h7,9,12,17H,2-6,8H2,1H3. The zero-order chi connectivity index (χ0) is 15.5. The fourth-order valence-corrected chi connectivity index (χ4v) is 2.46. The van der Waals surface area contributed by atoms with E-state index in [1.54, 1.807) is 11.9 Å². The molecule has 2 rings (SSSR count). The Balaban J connectivity index is 1.98. The lowest BCUT2D eigenvalue weighted by Gasteiger charge is -2.28. The largest absolute Gasteiger partial charge is 0.408 e. The van der Waals surface area contributed by atoms with Crippen LogP contribution in [0, 0.1) is 0 Å². The van der Waals surface area contributed by atoms with E-state index in [9.17, 15) is 18.0 Å². The summed E-state index contributed by atoms with van der Waals surface area (Å²) in [6.07, 6.45) is 0.893. The number of aromatic nitrogens is 2. The Hall–Kier alpha value is -1.57. The van der Waals surface area contributed by atoms with E-state index in [1.165, 1.54) is 10.9 Å². The molecule has 0 aromatic carbocycles. The van der Waals surface area contributed by atoms with Crippen LogP contribution in [-0.2, 0) is 11.8 Å². The molecule has 118 valence electrons. The minimum absolute atomic E-state index is 0.0106. The van der Waals surface area contributed by atoms with Crippen molar-refractivity contribution in [1.82, 2.24) is 20.0 Å². The van der Waals surface area contributed by atoms with Gasteiger partial charge in [-0.2, -0.15) is 18.3 Å². The molecular weight excluding hydrogens is 285 g/mol. The second kappa shape index (κ2) is 6.46. The first-order valence-corrected chi connectivity index (χ1v) is 6.94. The summed E-state index contributed by atoms with van der Waals surface area (Å²) in [4.78, 5) is 13.6. The van der Waals surface area contributed by atoms with Crippen molar-refractivity contribution in [3.05, 3.63) is 18.0 Å². The van der Waals surface area contributed by atoms with Gasteiger partial charge in [-0.3, -0.25) is 14.8 Å². The molecule has 2 heterocycles. The van der Waals surface area contributed by atoms with E-state index in [0.717, 1.165) is 25.5 Å². The molecule has 1 aliphatic rings. The number of nitrogens with zero attached hydrogens (tertiary/aromatic N) is 3. The third-order valence-electron chi connectivity index (χ3n) is 3.55. The predicted molar refractivity (Wildman–Crippen MR) is 70.4 cm³/mol. The van der Waals surface area contributed by atoms with Crippen molar-refractivity contribution >= 4 is 5.91 Å². The number of nitrogens with one attached hydrogen (secondary N) is 1. The molecule has 21 heavy (non-hydrogen) atoms. The summed E-state index contributed by atoms with van der Waals surface area (Å²) in [6, 6.07) is -1.88. The lowest BCUT2D eigenvalue weighted by atomic mass is 10.1. The maximum atomic E-state index is 13.1. The minimum atomic E-state index is -4.47. The summed E-state index contributed by atoms with van der Waals surface area (Å²) in [5.74, 6) is -0.284. The van der Waals surface area contributed by atoms with Crippen molar-refractivity contribution in [2.24, 2.45) is 7.05 Å². The molecule has 1 unspecified atom stereocenters. The van der Waals surface area contributed by atoms with Crippen LogP contribution >= 0.6 is 0 Å². The van der Waals surface area contributed by atoms with Crippen LogP contribution in [0.5, 0.6) is 0 Å². The van der Waals surface area contributed by atoms with Gasteiger partial charge in [0.25, 0.3) is 0 Å². The summed E-state index contributed by atoms with van der Waals surface area (Å²) >= 11 is 0. The number of rotatable bonds is 4. The van der Waals surface area contributed by atoms with Crippen molar-refractivity contribution in [1.29, 1.82) is 0 Å². The van der Waals surface area contributed by atoms with Gasteiger partial charge in [0.1, 0.15) is 6.04 Å². The molecule has 1 aromatic rings. The Bertz CT molecular complexity index is 480. The van der Waals surface area contributed by atoms with Gasteiger partial charge in [-0.1, -0.05) is 0 Å². The fraction of sp³-hybridized carbons (Fsp3) is 0.692. The first-order valence-electron chi connectivity index (χ1n) is 6.94. The topological polar surface area (TPSA) is 50.2 Å². The second-order valence-electron chi connectivity index (χ2n) is 5.24. The van der Waals surface area contributed by atoms with E-state index < -0.39 is 12.2 Å². The Kier molecular flexibility index (Phi) is 4.87. The van der Waals surface area contributed by atoms with Crippen molar-refractivity contribution < 1.29 is 18.0 Å². The lowest BCUT2D eigenvalue weighted by Crippen LogP contribution is -2.44. The first-order chi connectivity index (χ1) is 9.88. The molecule has 1 N–H and O–H groups in total. The van der Waals surface area contributed by atoms with E-state index in [2.05, 4.69) is 10.4 Å². The van der Waals surface area contributed by atoms with Gasteiger partial charge in [0.05, 0.1) is 12.7 Å². The number of hydrogen-bond donors (Lipinski definition) is 1. The zero-order valence-corrected chi connectivity index (χ0v) is 11.9. The van der Waals surface area contributed by atoms with Gasteiger partial charge in [-0.05, 0) is 19.3 Å². The van der Waals surface area contributed by atoms with Crippen LogP contribution < -0.4 is 5.32 Å². The van der Waals surface area contributed by atoms with E-state index in [-0.39, 0.29) is 18.0 Å². The average molecular weight is 304 g/mol. The molecule has 8 heteroatoms. The molecule has 1 atom stereocenters. The van der Waals surface area contributed by atoms with Crippen molar-refractivity contribution in [2.45, 2.75) is 31.5 Å². The van der Waals surface area contributed by atoms with Crippen LogP contribution in [0.1, 0.15) is 30.9 Å². The molecule has 0 spiro atoms. The van der Waals surface area contributed by atoms with Gasteiger partial charge in [-0.15, -0.1) is 0 Å². The Morgan fingerprint density at radius 1 is 1.38 bits per heavy atom. The number of carbonyl (C=O) groups excluding carboxylic acids is 1. The lowest BCUT2D eigenvalue weighted by molar-refractivity contribution is -0.159. The fourth-order valence-electron chi connectivity index (χ4n) is 2.46. The van der Waals surface area contributed by atoms with Crippen molar-refractivity contribution in [3.8, 4) is 0 Å². The van der Waals surface area contributed by atoms with Crippen molar-refractivity contribution in [3.63, 3.8) is 0 Å². The molecule has 1 saturated heterocycles. The smallest absolute Gasteiger partial charge is 0.342 e. The van der Waals surface area contributed by atoms with Crippen molar-refractivity contribution in [2.75, 3.05) is 19.6 Å². The minimum Gasteiger partial charge on any atom is -0.342 e. The molecule has 0 aliphatic carbocycles. The highest BCUT2D eigenvalue weighted by molar-refractivity contribution is 5.78. The van der Waals surface area contributed by atoms with Gasteiger partial charge in [0, 0.05) is 31.9 Å². The maximum absolute atomic E-state index is 13.1. The molecule has 0 radical (unpaired) electrons. The zero-order valence-electron chi connectivity index (χ0n) is 11.9. The molecule has 1 aromatic heterocycles. The summed E-state index contributed by atoms with van der Waals surface area (Å²) in [5.41, 5.74) is 0.0106. The summed E-state index contributed by atoms with van der Waals surface area (Å²) in [6.45, 7) is 0.938. The van der Waals surface area contributed by atoms with E-state index >= 15 is 0 Å². The van der Waals surface area contributed by atoms with Gasteiger partial charge in [0.15, 0.2) is 0 Å². The number of piperidine rings is 1. The van der Waals surface area contributed by atoms with E-state index in [4.69, 9.17) is 0 Å². The highest BCUT2D eigenvalue weighted by atomic mass is 19.4. The number of likely N-dealkylation sites (tertiary alicyclic amines) is 1. The monoisotopic (exact) mass is 304 g/mol. The Labute approximate surface area is 121 Å². The number of hydrogen-bond acceptors (Lipinski definition) is 3. The van der Waals surface area contributed by atoms with Gasteiger partial charge in [0.2, 0.25) is 5.91 Å². The third kappa shape index (κ3) is 4.20. The molecule has 0 saturated carbocycles. The Morgan fingerprint density at radius 2 is 2.05 bits per heavy atom.